The first-order valence-electron chi connectivity index (χ1n) is 2.58. The van der Waals surface area contributed by atoms with Crippen molar-refractivity contribution in [3.63, 3.8) is 0 Å². The third-order valence-electron chi connectivity index (χ3n) is 0.871. The molecule has 0 aliphatic carbocycles. The smallest absolute Gasteiger partial charge is 0.160 e. The van der Waals surface area contributed by atoms with Crippen LogP contribution in [0.4, 0.5) is 0 Å². The molecule has 0 saturated carbocycles. The van der Waals surface area contributed by atoms with Gasteiger partial charge in [0.1, 0.15) is 0 Å². The van der Waals surface area contributed by atoms with Gasteiger partial charge < -0.3 is 0 Å². The van der Waals surface area contributed by atoms with Crippen molar-refractivity contribution in [3.8, 4) is 0 Å². The molecule has 50 valence electrons. The van der Waals surface area contributed by atoms with Gasteiger partial charge in [0.25, 0.3) is 0 Å². The van der Waals surface area contributed by atoms with Crippen LogP contribution in [0.25, 0.3) is 0 Å². The maximum atomic E-state index is 10.6. The molecule has 0 N–H and O–H groups in total. The van der Waals surface area contributed by atoms with Crippen LogP contribution >= 0.6 is 11.8 Å². The maximum Gasteiger partial charge on any atom is 0.160 e. The highest BCUT2D eigenvalue weighted by Crippen LogP contribution is 2.04. The van der Waals surface area contributed by atoms with E-state index in [1.54, 1.807) is 11.5 Å². The van der Waals surface area contributed by atoms with Crippen molar-refractivity contribution in [2.24, 2.45) is 0 Å². The highest BCUT2D eigenvalue weighted by molar-refractivity contribution is 8.01. The summed E-state index contributed by atoms with van der Waals surface area (Å²) in [4.78, 5) is 10.6. The van der Waals surface area contributed by atoms with Crippen molar-refractivity contribution in [2.75, 3.05) is 6.26 Å². The summed E-state index contributed by atoms with van der Waals surface area (Å²) in [7, 11) is 0. The Labute approximate surface area is 59.8 Å². The van der Waals surface area contributed by atoms with Crippen molar-refractivity contribution in [2.45, 2.75) is 6.92 Å². The molecule has 0 aromatic heterocycles. The fraction of sp³-hybridized carbons (Fsp3) is 0.286. The number of thioether (sulfide) groups is 1. The molecule has 0 aromatic rings. The quantitative estimate of drug-likeness (QED) is 0.443. The molecule has 0 heterocycles. The van der Waals surface area contributed by atoms with Crippen LogP contribution < -0.4 is 0 Å². The van der Waals surface area contributed by atoms with Gasteiger partial charge >= 0.3 is 0 Å². The molecule has 0 atom stereocenters. The average molecular weight is 142 g/mol. The molecule has 0 spiro atoms. The summed E-state index contributed by atoms with van der Waals surface area (Å²) in [6.07, 6.45) is 3.48. The lowest BCUT2D eigenvalue weighted by molar-refractivity contribution is -0.113. The highest BCUT2D eigenvalue weighted by atomic mass is 32.2. The van der Waals surface area contributed by atoms with Crippen LogP contribution in [0.3, 0.4) is 0 Å². The van der Waals surface area contributed by atoms with Crippen molar-refractivity contribution >= 4 is 17.5 Å². The molecule has 0 rings (SSSR count). The molecule has 9 heavy (non-hydrogen) atoms. The molecule has 0 aromatic carbocycles. The zero-order valence-electron chi connectivity index (χ0n) is 5.68. The van der Waals surface area contributed by atoms with Gasteiger partial charge in [-0.2, -0.15) is 0 Å². The van der Waals surface area contributed by atoms with Gasteiger partial charge in [-0.05, 0) is 18.6 Å². The first-order chi connectivity index (χ1) is 4.22. The van der Waals surface area contributed by atoms with Crippen LogP contribution in [0.2, 0.25) is 0 Å². The largest absolute Gasteiger partial charge is 0.294 e. The molecule has 2 heteroatoms. The van der Waals surface area contributed by atoms with E-state index in [0.29, 0.717) is 5.57 Å². The lowest BCUT2D eigenvalue weighted by Gasteiger charge is -1.90. The standard InChI is InChI=1S/C7H10OS/c1-4-7(5-9-3)6(2)8/h4-5H,1H2,2-3H3. The summed E-state index contributed by atoms with van der Waals surface area (Å²) in [6.45, 7) is 5.03. The molecule has 0 radical (unpaired) electrons. The third-order valence-corrected chi connectivity index (χ3v) is 1.36. The highest BCUT2D eigenvalue weighted by Gasteiger charge is 1.94. The lowest BCUT2D eigenvalue weighted by atomic mass is 10.2. The van der Waals surface area contributed by atoms with E-state index in [1.807, 2.05) is 6.26 Å². The Balaban J connectivity index is 4.14. The molecule has 0 bridgehead atoms. The normalized spacial score (nSPS) is 11.1. The van der Waals surface area contributed by atoms with Gasteiger partial charge in [-0.3, -0.25) is 4.79 Å². The topological polar surface area (TPSA) is 17.1 Å². The Morgan fingerprint density at radius 1 is 1.67 bits per heavy atom. The number of hydrogen-bond acceptors (Lipinski definition) is 2. The van der Waals surface area contributed by atoms with Crippen molar-refractivity contribution < 1.29 is 4.79 Å². The summed E-state index contributed by atoms with van der Waals surface area (Å²) in [5.41, 5.74) is 0.683. The maximum absolute atomic E-state index is 10.6. The third kappa shape index (κ3) is 3.14. The number of ketones is 1. The van der Waals surface area contributed by atoms with Crippen LogP contribution in [-0.4, -0.2) is 12.0 Å². The SMILES string of the molecule is C=CC(=CSC)C(C)=O. The van der Waals surface area contributed by atoms with E-state index in [9.17, 15) is 4.79 Å². The zero-order valence-corrected chi connectivity index (χ0v) is 6.49. The first kappa shape index (κ1) is 8.50. The minimum Gasteiger partial charge on any atom is -0.294 e. The van der Waals surface area contributed by atoms with E-state index < -0.39 is 0 Å². The number of hydrogen-bond donors (Lipinski definition) is 0. The summed E-state index contributed by atoms with van der Waals surface area (Å²) in [6, 6.07) is 0. The van der Waals surface area contributed by atoms with E-state index in [4.69, 9.17) is 0 Å². The Morgan fingerprint density at radius 2 is 2.22 bits per heavy atom. The Morgan fingerprint density at radius 3 is 2.33 bits per heavy atom. The van der Waals surface area contributed by atoms with Gasteiger partial charge in [0, 0.05) is 5.57 Å². The monoisotopic (exact) mass is 142 g/mol. The van der Waals surface area contributed by atoms with Crippen LogP contribution in [0.5, 0.6) is 0 Å². The predicted molar refractivity (Wildman–Crippen MR) is 42.5 cm³/mol. The molecular weight excluding hydrogens is 132 g/mol. The molecule has 0 fully saturated rings. The van der Waals surface area contributed by atoms with Gasteiger partial charge in [0.2, 0.25) is 0 Å². The lowest BCUT2D eigenvalue weighted by Crippen LogP contribution is -1.90. The Bertz CT molecular complexity index is 147. The van der Waals surface area contributed by atoms with E-state index in [2.05, 4.69) is 6.58 Å². The first-order valence-corrected chi connectivity index (χ1v) is 3.87. The van der Waals surface area contributed by atoms with E-state index in [1.165, 1.54) is 18.7 Å². The van der Waals surface area contributed by atoms with Crippen LogP contribution in [0, 0.1) is 0 Å². The van der Waals surface area contributed by atoms with E-state index in [-0.39, 0.29) is 5.78 Å². The number of carbonyl (C=O) groups excluding carboxylic acids is 1. The summed E-state index contributed by atoms with van der Waals surface area (Å²) in [5.74, 6) is 0.0688. The average Bonchev–Trinajstić information content (AvgIpc) is 1.82. The fourth-order valence-corrected chi connectivity index (χ4v) is 0.918. The second-order valence-electron chi connectivity index (χ2n) is 1.57. The summed E-state index contributed by atoms with van der Waals surface area (Å²) >= 11 is 1.51. The predicted octanol–water partition coefficient (Wildman–Crippen LogP) is 2.01. The second-order valence-corrected chi connectivity index (χ2v) is 2.28. The fourth-order valence-electron chi connectivity index (χ4n) is 0.402. The van der Waals surface area contributed by atoms with Crippen LogP contribution in [0.1, 0.15) is 6.92 Å². The van der Waals surface area contributed by atoms with Gasteiger partial charge in [-0.1, -0.05) is 12.7 Å². The number of rotatable bonds is 3. The van der Waals surface area contributed by atoms with E-state index >= 15 is 0 Å². The minimum absolute atomic E-state index is 0.0688. The minimum atomic E-state index is 0.0688. The van der Waals surface area contributed by atoms with Crippen LogP contribution in [-0.2, 0) is 4.79 Å². The second kappa shape index (κ2) is 4.39. The molecule has 1 nitrogen and oxygen atoms in total. The summed E-state index contributed by atoms with van der Waals surface area (Å²) < 4.78 is 0. The van der Waals surface area contributed by atoms with Gasteiger partial charge in [-0.25, -0.2) is 0 Å². The summed E-state index contributed by atoms with van der Waals surface area (Å²) in [5, 5.41) is 1.79. The van der Waals surface area contributed by atoms with Gasteiger partial charge in [-0.15, -0.1) is 11.8 Å². The molecule has 0 amide bonds. The molecule has 0 unspecified atom stereocenters. The van der Waals surface area contributed by atoms with Gasteiger partial charge in [0.15, 0.2) is 5.78 Å². The number of Topliss-reactive ketones (excluding diaryl/α,β-unsaturated/α-hetero) is 1. The van der Waals surface area contributed by atoms with Crippen molar-refractivity contribution in [1.82, 2.24) is 0 Å². The van der Waals surface area contributed by atoms with Gasteiger partial charge in [0.05, 0.1) is 0 Å². The molecule has 0 saturated heterocycles. The van der Waals surface area contributed by atoms with Crippen LogP contribution in [0.15, 0.2) is 23.6 Å². The Hall–Kier alpha value is -0.500. The van der Waals surface area contributed by atoms with E-state index in [0.717, 1.165) is 0 Å². The Kier molecular flexibility index (Phi) is 4.14. The molecule has 0 aliphatic heterocycles. The number of allylic oxidation sites excluding steroid dienone is 2. The molecular formula is C7H10OS. The van der Waals surface area contributed by atoms with Crippen molar-refractivity contribution in [1.29, 1.82) is 0 Å². The molecule has 0 aliphatic rings. The zero-order chi connectivity index (χ0) is 7.28. The van der Waals surface area contributed by atoms with Crippen molar-refractivity contribution in [3.05, 3.63) is 23.6 Å². The number of carbonyl (C=O) groups is 1.